The molecule has 0 bridgehead atoms. The van der Waals surface area contributed by atoms with Crippen LogP contribution in [0.25, 0.3) is 11.3 Å². The smallest absolute Gasteiger partial charge is 0.290 e. The van der Waals surface area contributed by atoms with Crippen molar-refractivity contribution in [2.45, 2.75) is 24.1 Å². The molecule has 0 saturated carbocycles. The molecule has 0 radical (unpaired) electrons. The first kappa shape index (κ1) is 18.5. The molecule has 1 N–H and O–H groups in total. The van der Waals surface area contributed by atoms with Crippen LogP contribution in [0.1, 0.15) is 22.8 Å². The molecule has 2 aromatic heterocycles. The van der Waals surface area contributed by atoms with Crippen LogP contribution in [0, 0.1) is 0 Å². The Hall–Kier alpha value is -2.32. The number of pyridine rings is 1. The zero-order valence-corrected chi connectivity index (χ0v) is 15.4. The minimum Gasteiger partial charge on any atom is -0.298 e. The largest absolute Gasteiger partial charge is 0.298 e. The van der Waals surface area contributed by atoms with Crippen LogP contribution in [0.3, 0.4) is 0 Å². The number of thiazole rings is 1. The zero-order chi connectivity index (χ0) is 18.5. The third kappa shape index (κ3) is 4.44. The number of benzene rings is 1. The van der Waals surface area contributed by atoms with E-state index in [4.69, 9.17) is 0 Å². The van der Waals surface area contributed by atoms with Crippen molar-refractivity contribution in [2.75, 3.05) is 5.32 Å². The first-order valence-electron chi connectivity index (χ1n) is 7.83. The summed E-state index contributed by atoms with van der Waals surface area (Å²) in [6.07, 6.45) is 2.34. The maximum atomic E-state index is 12.6. The third-order valence-corrected chi connectivity index (χ3v) is 5.08. The predicted octanol–water partition coefficient (Wildman–Crippen LogP) is 5.33. The second-order valence-electron chi connectivity index (χ2n) is 5.28. The average molecular weight is 391 g/mol. The van der Waals surface area contributed by atoms with Gasteiger partial charge >= 0.3 is 0 Å². The summed E-state index contributed by atoms with van der Waals surface area (Å²) in [5.74, 6) is -3.16. The second-order valence-corrected chi connectivity index (χ2v) is 7.11. The van der Waals surface area contributed by atoms with Crippen molar-refractivity contribution in [3.8, 4) is 11.3 Å². The summed E-state index contributed by atoms with van der Waals surface area (Å²) in [4.78, 5) is 20.7. The normalized spacial score (nSPS) is 10.9. The standard InChI is InChI=1S/C18H15F2N3OS2/c1-2-11-5-7-12(8-6-11)14-10-25-18(22-14)23-15(24)13-4-3-9-21-16(13)26-17(19)20/h3-10,17H,2H2,1H3,(H,22,23,24). The Morgan fingerprint density at radius 2 is 2.04 bits per heavy atom. The lowest BCUT2D eigenvalue weighted by Crippen LogP contribution is -2.13. The average Bonchev–Trinajstić information content (AvgIpc) is 3.10. The van der Waals surface area contributed by atoms with Crippen molar-refractivity contribution in [3.05, 3.63) is 59.1 Å². The Labute approximate surface area is 157 Å². The van der Waals surface area contributed by atoms with Crippen molar-refractivity contribution in [3.63, 3.8) is 0 Å². The number of thioether (sulfide) groups is 1. The van der Waals surface area contributed by atoms with E-state index in [2.05, 4.69) is 22.2 Å². The Balaban J connectivity index is 1.76. The van der Waals surface area contributed by atoms with Crippen LogP contribution in [-0.4, -0.2) is 21.6 Å². The van der Waals surface area contributed by atoms with E-state index in [9.17, 15) is 13.6 Å². The molecule has 8 heteroatoms. The van der Waals surface area contributed by atoms with Crippen molar-refractivity contribution in [2.24, 2.45) is 0 Å². The number of aryl methyl sites for hydroxylation is 1. The van der Waals surface area contributed by atoms with Gasteiger partial charge in [-0.3, -0.25) is 10.1 Å². The molecule has 0 aliphatic carbocycles. The van der Waals surface area contributed by atoms with E-state index in [0.717, 1.165) is 17.7 Å². The number of hydrogen-bond donors (Lipinski definition) is 1. The van der Waals surface area contributed by atoms with E-state index in [1.165, 1.54) is 35.2 Å². The van der Waals surface area contributed by atoms with Crippen LogP contribution in [0.5, 0.6) is 0 Å². The molecule has 0 fully saturated rings. The topological polar surface area (TPSA) is 54.9 Å². The molecule has 0 saturated heterocycles. The summed E-state index contributed by atoms with van der Waals surface area (Å²) in [5.41, 5.74) is 3.04. The SMILES string of the molecule is CCc1ccc(-c2csc(NC(=O)c3cccnc3SC(F)F)n2)cc1. The summed E-state index contributed by atoms with van der Waals surface area (Å²) in [6, 6.07) is 11.0. The molecule has 0 aliphatic heterocycles. The van der Waals surface area contributed by atoms with Gasteiger partial charge < -0.3 is 0 Å². The fourth-order valence-electron chi connectivity index (χ4n) is 2.28. The van der Waals surface area contributed by atoms with Crippen molar-refractivity contribution in [1.82, 2.24) is 9.97 Å². The molecule has 0 aliphatic rings. The van der Waals surface area contributed by atoms with Crippen molar-refractivity contribution < 1.29 is 13.6 Å². The Kier molecular flexibility index (Phi) is 5.95. The van der Waals surface area contributed by atoms with Gasteiger partial charge in [0.1, 0.15) is 5.03 Å². The Morgan fingerprint density at radius 1 is 1.27 bits per heavy atom. The van der Waals surface area contributed by atoms with Gasteiger partial charge in [-0.15, -0.1) is 11.3 Å². The number of anilines is 1. The number of nitrogens with one attached hydrogen (secondary N) is 1. The second kappa shape index (κ2) is 8.37. The highest BCUT2D eigenvalue weighted by atomic mass is 32.2. The quantitative estimate of drug-likeness (QED) is 0.577. The van der Waals surface area contributed by atoms with E-state index in [0.29, 0.717) is 5.13 Å². The van der Waals surface area contributed by atoms with Crippen molar-refractivity contribution >= 4 is 34.1 Å². The first-order chi connectivity index (χ1) is 12.6. The highest BCUT2D eigenvalue weighted by Gasteiger charge is 2.18. The van der Waals surface area contributed by atoms with E-state index >= 15 is 0 Å². The molecule has 2 heterocycles. The molecule has 0 atom stereocenters. The van der Waals surface area contributed by atoms with Crippen LogP contribution in [0.4, 0.5) is 13.9 Å². The molecule has 0 spiro atoms. The molecule has 1 amide bonds. The number of halogens is 2. The Morgan fingerprint density at radius 3 is 2.73 bits per heavy atom. The molecule has 0 unspecified atom stereocenters. The summed E-state index contributed by atoms with van der Waals surface area (Å²) in [5, 5.41) is 4.89. The van der Waals surface area contributed by atoms with Gasteiger partial charge in [0.15, 0.2) is 5.13 Å². The molecule has 1 aromatic carbocycles. The lowest BCUT2D eigenvalue weighted by molar-refractivity contribution is 0.102. The number of amides is 1. The molecule has 26 heavy (non-hydrogen) atoms. The van der Waals surface area contributed by atoms with Crippen LogP contribution < -0.4 is 5.32 Å². The van der Waals surface area contributed by atoms with Gasteiger partial charge in [0.2, 0.25) is 0 Å². The van der Waals surface area contributed by atoms with Gasteiger partial charge in [-0.2, -0.15) is 8.78 Å². The summed E-state index contributed by atoms with van der Waals surface area (Å²) >= 11 is 1.53. The van der Waals surface area contributed by atoms with E-state index in [1.807, 2.05) is 29.6 Å². The highest BCUT2D eigenvalue weighted by Crippen LogP contribution is 2.28. The maximum absolute atomic E-state index is 12.6. The van der Waals surface area contributed by atoms with E-state index in [1.54, 1.807) is 0 Å². The first-order valence-corrected chi connectivity index (χ1v) is 9.58. The van der Waals surface area contributed by atoms with Gasteiger partial charge in [-0.05, 0) is 35.9 Å². The minimum atomic E-state index is -2.64. The predicted molar refractivity (Wildman–Crippen MR) is 101 cm³/mol. The lowest BCUT2D eigenvalue weighted by Gasteiger charge is -2.06. The Bertz CT molecular complexity index is 897. The lowest BCUT2D eigenvalue weighted by atomic mass is 10.1. The van der Waals surface area contributed by atoms with Crippen LogP contribution in [0.2, 0.25) is 0 Å². The number of carbonyl (C=O) groups excluding carboxylic acids is 1. The number of nitrogens with zero attached hydrogens (tertiary/aromatic N) is 2. The fraction of sp³-hybridized carbons (Fsp3) is 0.167. The number of alkyl halides is 2. The van der Waals surface area contributed by atoms with Gasteiger partial charge in [-0.1, -0.05) is 31.2 Å². The molecular weight excluding hydrogens is 376 g/mol. The number of aromatic nitrogens is 2. The molecular formula is C18H15F2N3OS2. The van der Waals surface area contributed by atoms with Gasteiger partial charge in [0.05, 0.1) is 11.3 Å². The zero-order valence-electron chi connectivity index (χ0n) is 13.8. The van der Waals surface area contributed by atoms with E-state index in [-0.39, 0.29) is 22.4 Å². The highest BCUT2D eigenvalue weighted by molar-refractivity contribution is 7.99. The maximum Gasteiger partial charge on any atom is 0.290 e. The van der Waals surface area contributed by atoms with Gasteiger partial charge in [0, 0.05) is 17.1 Å². The molecule has 3 aromatic rings. The van der Waals surface area contributed by atoms with Crippen LogP contribution >= 0.6 is 23.1 Å². The number of hydrogen-bond acceptors (Lipinski definition) is 5. The van der Waals surface area contributed by atoms with Crippen LogP contribution in [-0.2, 0) is 6.42 Å². The summed E-state index contributed by atoms with van der Waals surface area (Å²) in [7, 11) is 0. The summed E-state index contributed by atoms with van der Waals surface area (Å²) < 4.78 is 25.2. The van der Waals surface area contributed by atoms with Crippen molar-refractivity contribution in [1.29, 1.82) is 0 Å². The number of rotatable bonds is 6. The van der Waals surface area contributed by atoms with Gasteiger partial charge in [-0.25, -0.2) is 9.97 Å². The fourth-order valence-corrected chi connectivity index (χ4v) is 3.57. The number of carbonyl (C=O) groups is 1. The third-order valence-electron chi connectivity index (χ3n) is 3.60. The molecule has 3 rings (SSSR count). The summed E-state index contributed by atoms with van der Waals surface area (Å²) in [6.45, 7) is 2.09. The van der Waals surface area contributed by atoms with E-state index < -0.39 is 11.7 Å². The van der Waals surface area contributed by atoms with Crippen LogP contribution in [0.15, 0.2) is 53.0 Å². The molecule has 134 valence electrons. The minimum absolute atomic E-state index is 0.00747. The van der Waals surface area contributed by atoms with Gasteiger partial charge in [0.25, 0.3) is 11.7 Å². The molecule has 4 nitrogen and oxygen atoms in total. The monoisotopic (exact) mass is 391 g/mol.